The Labute approximate surface area is 152 Å². The van der Waals surface area contributed by atoms with E-state index in [9.17, 15) is 0 Å². The van der Waals surface area contributed by atoms with Crippen molar-refractivity contribution in [2.24, 2.45) is 0 Å². The van der Waals surface area contributed by atoms with Gasteiger partial charge in [0.05, 0.1) is 11.4 Å². The molecule has 26 heavy (non-hydrogen) atoms. The van der Waals surface area contributed by atoms with Crippen molar-refractivity contribution in [2.75, 3.05) is 0 Å². The molecule has 4 heterocycles. The minimum absolute atomic E-state index is 0.994. The van der Waals surface area contributed by atoms with E-state index in [2.05, 4.69) is 79.1 Å². The molecule has 0 radical (unpaired) electrons. The maximum absolute atomic E-state index is 4.84. The third-order valence-corrected chi connectivity index (χ3v) is 4.97. The van der Waals surface area contributed by atoms with Crippen LogP contribution in [0.25, 0.3) is 34.2 Å². The molecular weight excluding hydrogens is 320 g/mol. The highest BCUT2D eigenvalue weighted by molar-refractivity contribution is 5.79. The molecule has 0 amide bonds. The zero-order chi connectivity index (χ0) is 18.3. The summed E-state index contributed by atoms with van der Waals surface area (Å²) in [4.78, 5) is 16.3. The Morgan fingerprint density at radius 2 is 1.04 bits per heavy atom. The van der Waals surface area contributed by atoms with Crippen LogP contribution in [-0.4, -0.2) is 19.9 Å². The third kappa shape index (κ3) is 2.84. The van der Waals surface area contributed by atoms with Crippen LogP contribution in [0.15, 0.2) is 36.7 Å². The Balaban J connectivity index is 2.13. The van der Waals surface area contributed by atoms with Crippen LogP contribution < -0.4 is 0 Å². The van der Waals surface area contributed by atoms with Gasteiger partial charge in [-0.2, -0.15) is 0 Å². The molecular formula is C22H22N4. The molecule has 6 bridgehead atoms. The van der Waals surface area contributed by atoms with Crippen LogP contribution in [-0.2, 0) is 0 Å². The SMILES string of the molecule is Cc1cncc(C)c2ccc([nH]2)c(C)c2nc(c(C)c3ccc1[nH]3)C=C2. The lowest BCUT2D eigenvalue weighted by Gasteiger charge is -1.95. The molecule has 0 aromatic carbocycles. The van der Waals surface area contributed by atoms with Gasteiger partial charge >= 0.3 is 0 Å². The van der Waals surface area contributed by atoms with E-state index in [1.165, 1.54) is 0 Å². The van der Waals surface area contributed by atoms with Crippen LogP contribution >= 0.6 is 0 Å². The van der Waals surface area contributed by atoms with Crippen molar-refractivity contribution in [2.45, 2.75) is 27.7 Å². The van der Waals surface area contributed by atoms with Gasteiger partial charge in [0.2, 0.25) is 0 Å². The largest absolute Gasteiger partial charge is 0.355 e. The summed E-state index contributed by atoms with van der Waals surface area (Å²) < 4.78 is 0. The number of nitrogens with one attached hydrogen (secondary N) is 2. The second-order valence-corrected chi connectivity index (χ2v) is 6.81. The Bertz CT molecular complexity index is 1090. The lowest BCUT2D eigenvalue weighted by atomic mass is 10.2. The first-order chi connectivity index (χ1) is 12.5. The van der Waals surface area contributed by atoms with E-state index in [0.29, 0.717) is 0 Å². The fourth-order valence-electron chi connectivity index (χ4n) is 3.14. The molecule has 3 aromatic heterocycles. The van der Waals surface area contributed by atoms with E-state index in [-0.39, 0.29) is 0 Å². The van der Waals surface area contributed by atoms with Gasteiger partial charge in [-0.1, -0.05) is 0 Å². The number of hydrogen-bond donors (Lipinski definition) is 2. The van der Waals surface area contributed by atoms with Gasteiger partial charge in [0, 0.05) is 34.5 Å². The first-order valence-corrected chi connectivity index (χ1v) is 8.77. The van der Waals surface area contributed by atoms with Gasteiger partial charge in [0.1, 0.15) is 0 Å². The van der Waals surface area contributed by atoms with E-state index in [0.717, 1.165) is 55.7 Å². The highest BCUT2D eigenvalue weighted by Gasteiger charge is 2.07. The van der Waals surface area contributed by atoms with Crippen molar-refractivity contribution in [3.05, 3.63) is 70.3 Å². The number of rotatable bonds is 0. The molecule has 1 aliphatic rings. The summed E-state index contributed by atoms with van der Waals surface area (Å²) in [6.07, 6.45) is 7.94. The number of fused-ring (bicyclic) bond motifs is 6. The molecule has 3 aromatic rings. The number of aryl methyl sites for hydroxylation is 4. The summed E-state index contributed by atoms with van der Waals surface area (Å²) in [5, 5.41) is 0. The average molecular weight is 342 g/mol. The Hall–Kier alpha value is -3.14. The Morgan fingerprint density at radius 1 is 0.615 bits per heavy atom. The summed E-state index contributed by atoms with van der Waals surface area (Å²) >= 11 is 0. The lowest BCUT2D eigenvalue weighted by Crippen LogP contribution is -1.84. The first kappa shape index (κ1) is 16.3. The monoisotopic (exact) mass is 342 g/mol. The van der Waals surface area contributed by atoms with Gasteiger partial charge in [0.15, 0.2) is 0 Å². The van der Waals surface area contributed by atoms with E-state index in [1.807, 2.05) is 12.4 Å². The molecule has 0 saturated heterocycles. The van der Waals surface area contributed by atoms with Crippen molar-refractivity contribution in [1.29, 1.82) is 0 Å². The van der Waals surface area contributed by atoms with Crippen LogP contribution in [0.2, 0.25) is 0 Å². The second-order valence-electron chi connectivity index (χ2n) is 6.81. The van der Waals surface area contributed by atoms with Gasteiger partial charge in [0.25, 0.3) is 0 Å². The fraction of sp³-hybridized carbons (Fsp3) is 0.182. The molecule has 2 N–H and O–H groups in total. The molecule has 4 heteroatoms. The summed E-state index contributed by atoms with van der Waals surface area (Å²) in [5.74, 6) is 0. The summed E-state index contributed by atoms with van der Waals surface area (Å²) in [6.45, 7) is 8.32. The van der Waals surface area contributed by atoms with Crippen LogP contribution in [0.1, 0.15) is 33.6 Å². The molecule has 130 valence electrons. The maximum Gasteiger partial charge on any atom is 0.0687 e. The topological polar surface area (TPSA) is 57.4 Å². The van der Waals surface area contributed by atoms with Gasteiger partial charge in [-0.15, -0.1) is 0 Å². The first-order valence-electron chi connectivity index (χ1n) is 8.77. The summed E-state index contributed by atoms with van der Waals surface area (Å²) in [7, 11) is 0. The van der Waals surface area contributed by atoms with Crippen molar-refractivity contribution in [3.63, 3.8) is 0 Å². The molecule has 0 spiro atoms. The zero-order valence-corrected chi connectivity index (χ0v) is 15.5. The van der Waals surface area contributed by atoms with Crippen molar-refractivity contribution in [1.82, 2.24) is 19.9 Å². The molecule has 0 atom stereocenters. The number of aromatic amines is 2. The normalized spacial score (nSPS) is 11.7. The smallest absolute Gasteiger partial charge is 0.0687 e. The molecule has 0 saturated carbocycles. The highest BCUT2D eigenvalue weighted by atomic mass is 14.8. The predicted molar refractivity (Wildman–Crippen MR) is 109 cm³/mol. The van der Waals surface area contributed by atoms with Gasteiger partial charge in [-0.25, -0.2) is 4.98 Å². The Morgan fingerprint density at radius 3 is 1.50 bits per heavy atom. The van der Waals surface area contributed by atoms with Gasteiger partial charge < -0.3 is 9.97 Å². The van der Waals surface area contributed by atoms with Gasteiger partial charge in [-0.3, -0.25) is 4.98 Å². The maximum atomic E-state index is 4.84. The van der Waals surface area contributed by atoms with Gasteiger partial charge in [-0.05, 0) is 86.4 Å². The van der Waals surface area contributed by atoms with Crippen LogP contribution in [0.4, 0.5) is 0 Å². The molecule has 0 fully saturated rings. The fourth-order valence-corrected chi connectivity index (χ4v) is 3.14. The summed E-state index contributed by atoms with van der Waals surface area (Å²) in [5.41, 5.74) is 10.7. The lowest BCUT2D eigenvalue weighted by molar-refractivity contribution is 1.24. The van der Waals surface area contributed by atoms with Crippen molar-refractivity contribution in [3.8, 4) is 0 Å². The predicted octanol–water partition coefficient (Wildman–Crippen LogP) is 5.41. The summed E-state index contributed by atoms with van der Waals surface area (Å²) in [6, 6.07) is 8.38. The number of aromatic nitrogens is 4. The molecule has 0 aliphatic carbocycles. The van der Waals surface area contributed by atoms with Crippen LogP contribution in [0.3, 0.4) is 0 Å². The third-order valence-electron chi connectivity index (χ3n) is 4.97. The minimum atomic E-state index is 0.994. The zero-order valence-electron chi connectivity index (χ0n) is 15.5. The second kappa shape index (κ2) is 6.30. The molecule has 1 aliphatic heterocycles. The number of nitrogens with zero attached hydrogens (tertiary/aromatic N) is 2. The van der Waals surface area contributed by atoms with E-state index >= 15 is 0 Å². The van der Waals surface area contributed by atoms with E-state index in [4.69, 9.17) is 4.98 Å². The van der Waals surface area contributed by atoms with E-state index in [1.54, 1.807) is 0 Å². The van der Waals surface area contributed by atoms with Crippen molar-refractivity contribution < 1.29 is 0 Å². The van der Waals surface area contributed by atoms with Crippen molar-refractivity contribution >= 4 is 34.2 Å². The molecule has 4 rings (SSSR count). The minimum Gasteiger partial charge on any atom is -0.355 e. The van der Waals surface area contributed by atoms with Crippen LogP contribution in [0.5, 0.6) is 0 Å². The van der Waals surface area contributed by atoms with E-state index < -0.39 is 0 Å². The quantitative estimate of drug-likeness (QED) is 0.449. The molecule has 0 unspecified atom stereocenters. The number of hydrogen-bond acceptors (Lipinski definition) is 2. The average Bonchev–Trinajstić information content (AvgIpc) is 3.39. The standard InChI is InChI=1S/C22H22N4/c1-13-11-23-12-14(2)18-6-8-20(25-18)16(4)22-10-9-21(26-22)15(3)19-7-5-17(13)24-19/h5-12,24-25H,1-4H3. The van der Waals surface area contributed by atoms with Crippen LogP contribution in [0, 0.1) is 27.7 Å². The highest BCUT2D eigenvalue weighted by Crippen LogP contribution is 2.22. The number of H-pyrrole nitrogens is 2. The molecule has 4 nitrogen and oxygen atoms in total. The Kier molecular flexibility index (Phi) is 3.96.